The Kier molecular flexibility index (Phi) is 6.70. The monoisotopic (exact) mass is 215 g/mol. The molecule has 0 aromatic rings. The van der Waals surface area contributed by atoms with Crippen molar-refractivity contribution < 1.29 is 0 Å². The Morgan fingerprint density at radius 3 is 2.36 bits per heavy atom. The largest absolute Gasteiger partial charge is 0.329 e. The lowest BCUT2D eigenvalue weighted by Gasteiger charge is -2.24. The SMILES string of the molecule is CCCSC(CN)C1CCCCCC1. The predicted octanol–water partition coefficient (Wildman–Crippen LogP) is 3.43. The van der Waals surface area contributed by atoms with E-state index in [0.29, 0.717) is 0 Å². The van der Waals surface area contributed by atoms with Crippen LogP contribution >= 0.6 is 11.8 Å². The average molecular weight is 215 g/mol. The molecule has 0 aromatic heterocycles. The van der Waals surface area contributed by atoms with Gasteiger partial charge in [-0.1, -0.05) is 32.6 Å². The summed E-state index contributed by atoms with van der Waals surface area (Å²) in [7, 11) is 0. The van der Waals surface area contributed by atoms with E-state index in [9.17, 15) is 0 Å². The second kappa shape index (κ2) is 7.58. The van der Waals surface area contributed by atoms with Crippen molar-refractivity contribution >= 4 is 11.8 Å². The van der Waals surface area contributed by atoms with Gasteiger partial charge in [-0.25, -0.2) is 0 Å². The maximum Gasteiger partial charge on any atom is 0.0198 e. The molecular formula is C12H25NS. The molecule has 1 saturated carbocycles. The highest BCUT2D eigenvalue weighted by Crippen LogP contribution is 2.31. The Morgan fingerprint density at radius 2 is 1.86 bits per heavy atom. The van der Waals surface area contributed by atoms with Gasteiger partial charge in [0, 0.05) is 11.8 Å². The zero-order valence-corrected chi connectivity index (χ0v) is 10.3. The fraction of sp³-hybridized carbons (Fsp3) is 1.00. The van der Waals surface area contributed by atoms with Gasteiger partial charge in [-0.15, -0.1) is 0 Å². The van der Waals surface area contributed by atoms with Gasteiger partial charge in [0.15, 0.2) is 0 Å². The second-order valence-electron chi connectivity index (χ2n) is 4.40. The first-order valence-electron chi connectivity index (χ1n) is 6.20. The summed E-state index contributed by atoms with van der Waals surface area (Å²) in [6.45, 7) is 3.14. The molecule has 1 aliphatic rings. The number of rotatable bonds is 5. The van der Waals surface area contributed by atoms with E-state index in [4.69, 9.17) is 5.73 Å². The molecule has 14 heavy (non-hydrogen) atoms. The van der Waals surface area contributed by atoms with Crippen LogP contribution in [0, 0.1) is 5.92 Å². The minimum atomic E-state index is 0.744. The first kappa shape index (κ1) is 12.4. The van der Waals surface area contributed by atoms with Crippen LogP contribution in [-0.2, 0) is 0 Å². The lowest BCUT2D eigenvalue weighted by Crippen LogP contribution is -2.26. The fourth-order valence-corrected chi connectivity index (χ4v) is 3.57. The van der Waals surface area contributed by atoms with E-state index in [1.807, 2.05) is 0 Å². The van der Waals surface area contributed by atoms with E-state index in [0.717, 1.165) is 17.7 Å². The van der Waals surface area contributed by atoms with Crippen LogP contribution in [0.2, 0.25) is 0 Å². The van der Waals surface area contributed by atoms with Gasteiger partial charge in [-0.2, -0.15) is 11.8 Å². The van der Waals surface area contributed by atoms with Gasteiger partial charge in [0.05, 0.1) is 0 Å². The van der Waals surface area contributed by atoms with Gasteiger partial charge >= 0.3 is 0 Å². The molecule has 0 aromatic carbocycles. The third-order valence-electron chi connectivity index (χ3n) is 3.19. The van der Waals surface area contributed by atoms with E-state index in [-0.39, 0.29) is 0 Å². The molecule has 2 N–H and O–H groups in total. The van der Waals surface area contributed by atoms with Gasteiger partial charge in [0.2, 0.25) is 0 Å². The van der Waals surface area contributed by atoms with Crippen molar-refractivity contribution in [3.05, 3.63) is 0 Å². The summed E-state index contributed by atoms with van der Waals surface area (Å²) in [4.78, 5) is 0. The molecule has 1 fully saturated rings. The second-order valence-corrected chi connectivity index (χ2v) is 5.74. The molecule has 1 nitrogen and oxygen atoms in total. The van der Waals surface area contributed by atoms with Crippen molar-refractivity contribution in [2.75, 3.05) is 12.3 Å². The highest BCUT2D eigenvalue weighted by atomic mass is 32.2. The van der Waals surface area contributed by atoms with Crippen LogP contribution in [0.5, 0.6) is 0 Å². The standard InChI is InChI=1S/C12H25NS/c1-2-9-14-12(10-13)11-7-5-3-4-6-8-11/h11-12H,2-10,13H2,1H3. The molecule has 0 saturated heterocycles. The smallest absolute Gasteiger partial charge is 0.0198 e. The van der Waals surface area contributed by atoms with Crippen LogP contribution in [0.4, 0.5) is 0 Å². The van der Waals surface area contributed by atoms with Gasteiger partial charge < -0.3 is 5.73 Å². The molecule has 1 atom stereocenters. The first-order chi connectivity index (χ1) is 6.88. The number of nitrogens with two attached hydrogens (primary N) is 1. The molecule has 0 heterocycles. The maximum atomic E-state index is 5.87. The van der Waals surface area contributed by atoms with Crippen LogP contribution < -0.4 is 5.73 Å². The number of hydrogen-bond acceptors (Lipinski definition) is 2. The van der Waals surface area contributed by atoms with E-state index < -0.39 is 0 Å². The molecule has 0 amide bonds. The average Bonchev–Trinajstić information content (AvgIpc) is 2.48. The normalized spacial score (nSPS) is 21.9. The summed E-state index contributed by atoms with van der Waals surface area (Å²) in [6.07, 6.45) is 9.92. The lowest BCUT2D eigenvalue weighted by atomic mass is 9.96. The van der Waals surface area contributed by atoms with E-state index in [2.05, 4.69) is 18.7 Å². The molecule has 84 valence electrons. The van der Waals surface area contributed by atoms with Crippen LogP contribution in [0.1, 0.15) is 51.9 Å². The Hall–Kier alpha value is 0.310. The van der Waals surface area contributed by atoms with Crippen molar-refractivity contribution in [3.8, 4) is 0 Å². The summed E-state index contributed by atoms with van der Waals surface area (Å²) in [5.74, 6) is 2.21. The quantitative estimate of drug-likeness (QED) is 0.711. The Balaban J connectivity index is 2.32. The lowest BCUT2D eigenvalue weighted by molar-refractivity contribution is 0.445. The van der Waals surface area contributed by atoms with Crippen LogP contribution in [0.3, 0.4) is 0 Å². The molecule has 1 aliphatic carbocycles. The van der Waals surface area contributed by atoms with E-state index in [1.54, 1.807) is 0 Å². The van der Waals surface area contributed by atoms with Gasteiger partial charge in [-0.3, -0.25) is 0 Å². The third kappa shape index (κ3) is 4.22. The number of thioether (sulfide) groups is 1. The van der Waals surface area contributed by atoms with Crippen LogP contribution in [0.15, 0.2) is 0 Å². The highest BCUT2D eigenvalue weighted by Gasteiger charge is 2.21. The molecule has 0 bridgehead atoms. The molecule has 1 rings (SSSR count). The Labute approximate surface area is 93.2 Å². The maximum absolute atomic E-state index is 5.87. The van der Waals surface area contributed by atoms with E-state index in [1.165, 1.54) is 50.7 Å². The third-order valence-corrected chi connectivity index (χ3v) is 4.84. The topological polar surface area (TPSA) is 26.0 Å². The van der Waals surface area contributed by atoms with Crippen molar-refractivity contribution in [3.63, 3.8) is 0 Å². The molecule has 0 spiro atoms. The first-order valence-corrected chi connectivity index (χ1v) is 7.25. The summed E-state index contributed by atoms with van der Waals surface area (Å²) in [5, 5.41) is 0.744. The summed E-state index contributed by atoms with van der Waals surface area (Å²) in [5.41, 5.74) is 5.87. The summed E-state index contributed by atoms with van der Waals surface area (Å²) in [6, 6.07) is 0. The Bertz CT molecular complexity index is 130. The van der Waals surface area contributed by atoms with Gasteiger partial charge in [0.25, 0.3) is 0 Å². The predicted molar refractivity (Wildman–Crippen MR) is 66.8 cm³/mol. The molecule has 0 aliphatic heterocycles. The van der Waals surface area contributed by atoms with Crippen molar-refractivity contribution in [1.29, 1.82) is 0 Å². The molecular weight excluding hydrogens is 190 g/mol. The number of hydrogen-bond donors (Lipinski definition) is 1. The van der Waals surface area contributed by atoms with Crippen LogP contribution in [-0.4, -0.2) is 17.5 Å². The van der Waals surface area contributed by atoms with Crippen molar-refractivity contribution in [2.45, 2.75) is 57.1 Å². The Morgan fingerprint density at radius 1 is 1.21 bits per heavy atom. The fourth-order valence-electron chi connectivity index (χ4n) is 2.35. The van der Waals surface area contributed by atoms with Crippen LogP contribution in [0.25, 0.3) is 0 Å². The molecule has 2 heteroatoms. The summed E-state index contributed by atoms with van der Waals surface area (Å²) < 4.78 is 0. The van der Waals surface area contributed by atoms with Gasteiger partial charge in [-0.05, 0) is 30.9 Å². The highest BCUT2D eigenvalue weighted by molar-refractivity contribution is 7.99. The summed E-state index contributed by atoms with van der Waals surface area (Å²) >= 11 is 2.11. The molecule has 0 radical (unpaired) electrons. The van der Waals surface area contributed by atoms with E-state index >= 15 is 0 Å². The van der Waals surface area contributed by atoms with Crippen molar-refractivity contribution in [1.82, 2.24) is 0 Å². The zero-order chi connectivity index (χ0) is 10.2. The minimum absolute atomic E-state index is 0.744. The van der Waals surface area contributed by atoms with Crippen molar-refractivity contribution in [2.24, 2.45) is 11.7 Å². The van der Waals surface area contributed by atoms with Gasteiger partial charge in [0.1, 0.15) is 0 Å². The molecule has 1 unspecified atom stereocenters. The minimum Gasteiger partial charge on any atom is -0.329 e. The zero-order valence-electron chi connectivity index (χ0n) is 9.50.